The highest BCUT2D eigenvalue weighted by molar-refractivity contribution is 6.30. The van der Waals surface area contributed by atoms with Crippen LogP contribution in [0.15, 0.2) is 48.3 Å². The van der Waals surface area contributed by atoms with Crippen molar-refractivity contribution in [2.45, 2.75) is 5.06 Å². The average molecular weight is 299 g/mol. The zero-order chi connectivity index (χ0) is 14.0. The first-order valence-corrected chi connectivity index (χ1v) is 6.36. The molecule has 0 spiro atoms. The summed E-state index contributed by atoms with van der Waals surface area (Å²) in [4.78, 5) is 12.3. The van der Waals surface area contributed by atoms with Crippen LogP contribution in [0.2, 0.25) is 5.02 Å². The van der Waals surface area contributed by atoms with E-state index < -0.39 is 11.0 Å². The molecule has 0 saturated carbocycles. The van der Waals surface area contributed by atoms with Crippen molar-refractivity contribution in [2.75, 3.05) is 7.11 Å². The van der Waals surface area contributed by atoms with Gasteiger partial charge < -0.3 is 9.84 Å². The predicted octanol–water partition coefficient (Wildman–Crippen LogP) is 3.17. The Labute approximate surface area is 121 Å². The predicted molar refractivity (Wildman–Crippen MR) is 74.3 cm³/mol. The molecule has 3 nitrogen and oxygen atoms in total. The van der Waals surface area contributed by atoms with Crippen LogP contribution in [0.4, 0.5) is 0 Å². The van der Waals surface area contributed by atoms with Crippen molar-refractivity contribution in [3.05, 3.63) is 58.8 Å². The number of ether oxygens (including phenoxy) is 1. The molecular formula is C14H12Cl2O3. The number of methoxy groups -OCH3 is 1. The summed E-state index contributed by atoms with van der Waals surface area (Å²) in [5, 5.41) is 8.88. The van der Waals surface area contributed by atoms with Crippen molar-refractivity contribution in [3.8, 4) is 0 Å². The van der Waals surface area contributed by atoms with Gasteiger partial charge in [0.05, 0.1) is 13.0 Å². The Hall–Kier alpha value is -1.29. The number of carbonyl (C=O) groups excluding carboxylic acids is 1. The van der Waals surface area contributed by atoms with E-state index >= 15 is 0 Å². The molecule has 0 aromatic heterocycles. The third-order valence-electron chi connectivity index (χ3n) is 2.88. The van der Waals surface area contributed by atoms with Crippen LogP contribution in [0.25, 0.3) is 0 Å². The molecule has 0 bridgehead atoms. The van der Waals surface area contributed by atoms with Crippen LogP contribution in [-0.2, 0) is 4.74 Å². The molecule has 0 aliphatic heterocycles. The summed E-state index contributed by atoms with van der Waals surface area (Å²) in [6.07, 6.45) is 4.45. The molecule has 0 heterocycles. The van der Waals surface area contributed by atoms with E-state index in [4.69, 9.17) is 27.9 Å². The zero-order valence-electron chi connectivity index (χ0n) is 10.1. The number of aliphatic hydroxyl groups is 1. The molecule has 1 aromatic carbocycles. The van der Waals surface area contributed by atoms with Gasteiger partial charge in [0.25, 0.3) is 0 Å². The number of rotatable bonds is 3. The van der Waals surface area contributed by atoms with E-state index in [2.05, 4.69) is 0 Å². The van der Waals surface area contributed by atoms with E-state index in [-0.39, 0.29) is 5.78 Å². The van der Waals surface area contributed by atoms with Gasteiger partial charge in [-0.3, -0.25) is 4.79 Å². The van der Waals surface area contributed by atoms with Crippen LogP contribution in [0.5, 0.6) is 0 Å². The van der Waals surface area contributed by atoms with Crippen LogP contribution in [0, 0.1) is 5.92 Å². The van der Waals surface area contributed by atoms with Gasteiger partial charge in [-0.1, -0.05) is 29.3 Å². The zero-order valence-corrected chi connectivity index (χ0v) is 11.7. The summed E-state index contributed by atoms with van der Waals surface area (Å²) in [6, 6.07) is 6.43. The molecule has 1 N–H and O–H groups in total. The first-order valence-electron chi connectivity index (χ1n) is 5.60. The minimum absolute atomic E-state index is 0.281. The molecule has 100 valence electrons. The summed E-state index contributed by atoms with van der Waals surface area (Å²) in [5.41, 5.74) is 0.437. The van der Waals surface area contributed by atoms with Crippen molar-refractivity contribution in [2.24, 2.45) is 5.92 Å². The standard InChI is InChI=1S/C14H12Cl2O3/c1-19-11-6-7-12(14(16,18)8-11)13(17)9-2-4-10(15)5-3-9/h2-8,12,18H,1H3. The molecule has 1 aliphatic rings. The third kappa shape index (κ3) is 3.00. The molecule has 0 radical (unpaired) electrons. The number of Topliss-reactive ketones (excluding diaryl/α,β-unsaturated/α-hetero) is 1. The van der Waals surface area contributed by atoms with E-state index in [0.29, 0.717) is 16.3 Å². The fourth-order valence-electron chi connectivity index (χ4n) is 1.86. The van der Waals surface area contributed by atoms with Crippen molar-refractivity contribution in [1.82, 2.24) is 0 Å². The Morgan fingerprint density at radius 2 is 2.00 bits per heavy atom. The molecule has 1 aliphatic carbocycles. The monoisotopic (exact) mass is 298 g/mol. The van der Waals surface area contributed by atoms with Crippen LogP contribution in [0.1, 0.15) is 10.4 Å². The maximum absolute atomic E-state index is 12.3. The average Bonchev–Trinajstić information content (AvgIpc) is 2.37. The van der Waals surface area contributed by atoms with Crippen LogP contribution in [-0.4, -0.2) is 23.1 Å². The lowest BCUT2D eigenvalue weighted by Crippen LogP contribution is -2.36. The highest BCUT2D eigenvalue weighted by atomic mass is 35.5. The van der Waals surface area contributed by atoms with E-state index in [0.717, 1.165) is 0 Å². The number of hydrogen-bond donors (Lipinski definition) is 1. The van der Waals surface area contributed by atoms with Crippen LogP contribution in [0.3, 0.4) is 0 Å². The van der Waals surface area contributed by atoms with Gasteiger partial charge in [0.15, 0.2) is 10.8 Å². The van der Waals surface area contributed by atoms with Gasteiger partial charge in [0.1, 0.15) is 5.76 Å². The number of carbonyl (C=O) groups is 1. The van der Waals surface area contributed by atoms with E-state index in [1.165, 1.54) is 19.3 Å². The molecule has 2 unspecified atom stereocenters. The van der Waals surface area contributed by atoms with Gasteiger partial charge in [-0.2, -0.15) is 0 Å². The Morgan fingerprint density at radius 3 is 2.53 bits per heavy atom. The number of alkyl halides is 1. The van der Waals surface area contributed by atoms with Gasteiger partial charge in [-0.05, 0) is 30.3 Å². The summed E-state index contributed by atoms with van der Waals surface area (Å²) >= 11 is 11.8. The molecule has 5 heteroatoms. The molecule has 0 amide bonds. The molecule has 0 saturated heterocycles. The van der Waals surface area contributed by atoms with Gasteiger partial charge in [-0.15, -0.1) is 0 Å². The number of hydrogen-bond acceptors (Lipinski definition) is 3. The second-order valence-electron chi connectivity index (χ2n) is 4.19. The normalized spacial score (nSPS) is 25.9. The summed E-state index contributed by atoms with van der Waals surface area (Å²) in [6.45, 7) is 0. The molecular weight excluding hydrogens is 287 g/mol. The van der Waals surface area contributed by atoms with E-state index in [1.807, 2.05) is 0 Å². The lowest BCUT2D eigenvalue weighted by Gasteiger charge is -2.27. The van der Waals surface area contributed by atoms with E-state index in [9.17, 15) is 9.90 Å². The number of allylic oxidation sites excluding steroid dienone is 1. The molecule has 2 rings (SSSR count). The molecule has 1 aromatic rings. The van der Waals surface area contributed by atoms with Crippen molar-refractivity contribution in [3.63, 3.8) is 0 Å². The lowest BCUT2D eigenvalue weighted by molar-refractivity contribution is 0.0749. The quantitative estimate of drug-likeness (QED) is 0.689. The maximum atomic E-state index is 12.3. The molecule has 0 fully saturated rings. The van der Waals surface area contributed by atoms with Gasteiger partial charge in [0, 0.05) is 16.7 Å². The van der Waals surface area contributed by atoms with Gasteiger partial charge in [0.2, 0.25) is 0 Å². The minimum atomic E-state index is -1.79. The lowest BCUT2D eigenvalue weighted by atomic mass is 9.88. The Morgan fingerprint density at radius 1 is 1.37 bits per heavy atom. The van der Waals surface area contributed by atoms with Crippen molar-refractivity contribution in [1.29, 1.82) is 0 Å². The van der Waals surface area contributed by atoms with Crippen molar-refractivity contribution >= 4 is 29.0 Å². The highest BCUT2D eigenvalue weighted by Gasteiger charge is 2.39. The second kappa shape index (κ2) is 5.37. The second-order valence-corrected chi connectivity index (χ2v) is 5.23. The first-order chi connectivity index (χ1) is 8.94. The molecule has 19 heavy (non-hydrogen) atoms. The van der Waals surface area contributed by atoms with Gasteiger partial charge >= 0.3 is 0 Å². The smallest absolute Gasteiger partial charge is 0.174 e. The summed E-state index contributed by atoms with van der Waals surface area (Å²) in [5.74, 6) is -0.733. The Balaban J connectivity index is 2.28. The largest absolute Gasteiger partial charge is 0.497 e. The first kappa shape index (κ1) is 14.1. The summed E-state index contributed by atoms with van der Waals surface area (Å²) < 4.78 is 4.98. The number of benzene rings is 1. The van der Waals surface area contributed by atoms with Crippen LogP contribution < -0.4 is 0 Å². The fourth-order valence-corrected chi connectivity index (χ4v) is 2.26. The SMILES string of the molecule is COC1=CC(O)(Cl)C(C(=O)c2ccc(Cl)cc2)C=C1. The maximum Gasteiger partial charge on any atom is 0.174 e. The summed E-state index contributed by atoms with van der Waals surface area (Å²) in [7, 11) is 1.46. The Bertz CT molecular complexity index is 544. The van der Waals surface area contributed by atoms with Crippen LogP contribution >= 0.6 is 23.2 Å². The fraction of sp³-hybridized carbons (Fsp3) is 0.214. The Kier molecular flexibility index (Phi) is 3.99. The van der Waals surface area contributed by atoms with Gasteiger partial charge in [-0.25, -0.2) is 0 Å². The third-order valence-corrected chi connectivity index (χ3v) is 3.48. The van der Waals surface area contributed by atoms with Crippen molar-refractivity contribution < 1.29 is 14.6 Å². The van der Waals surface area contributed by atoms with E-state index in [1.54, 1.807) is 30.3 Å². The minimum Gasteiger partial charge on any atom is -0.497 e. The number of halogens is 2. The topological polar surface area (TPSA) is 46.5 Å². The number of ketones is 1. The highest BCUT2D eigenvalue weighted by Crippen LogP contribution is 2.33. The molecule has 2 atom stereocenters.